The highest BCUT2D eigenvalue weighted by Gasteiger charge is 2.88. The molecule has 46 heavy (non-hydrogen) atoms. The van der Waals surface area contributed by atoms with Gasteiger partial charge in [0.2, 0.25) is 11.5 Å². The first-order valence-electron chi connectivity index (χ1n) is 14.8. The molecule has 2 bridgehead atoms. The van der Waals surface area contributed by atoms with E-state index >= 15 is 9.59 Å². The van der Waals surface area contributed by atoms with E-state index in [9.17, 15) is 0 Å². The minimum atomic E-state index is -1.69. The van der Waals surface area contributed by atoms with Crippen molar-refractivity contribution in [3.8, 4) is 0 Å². The van der Waals surface area contributed by atoms with E-state index in [1.54, 1.807) is 35.4 Å². The molecule has 0 spiro atoms. The number of para-hydroxylation sites is 1. The summed E-state index contributed by atoms with van der Waals surface area (Å²) in [5.41, 5.74) is 2.30. The quantitative estimate of drug-likeness (QED) is 0.178. The highest BCUT2D eigenvalue weighted by molar-refractivity contribution is 6.42. The van der Waals surface area contributed by atoms with Gasteiger partial charge in [-0.3, -0.25) is 14.4 Å². The fraction of sp³-hybridized carbons (Fsp3) is 0.135. The van der Waals surface area contributed by atoms with Crippen molar-refractivity contribution in [2.45, 2.75) is 23.5 Å². The Morgan fingerprint density at radius 3 is 1.76 bits per heavy atom. The molecule has 0 radical (unpaired) electrons. The number of benzene rings is 5. The van der Waals surface area contributed by atoms with Crippen LogP contribution in [0.15, 0.2) is 115 Å². The molecule has 0 N–H and O–H groups in total. The van der Waals surface area contributed by atoms with E-state index in [1.165, 1.54) is 4.90 Å². The van der Waals surface area contributed by atoms with Gasteiger partial charge in [0, 0.05) is 16.0 Å². The average Bonchev–Trinajstić information content (AvgIpc) is 3.50. The lowest BCUT2D eigenvalue weighted by Gasteiger charge is -2.55. The van der Waals surface area contributed by atoms with Gasteiger partial charge in [-0.05, 0) is 70.3 Å². The molecule has 3 unspecified atom stereocenters. The van der Waals surface area contributed by atoms with Crippen LogP contribution in [0, 0.1) is 5.41 Å². The number of amides is 2. The number of hydrogen-bond acceptors (Lipinski definition) is 4. The summed E-state index contributed by atoms with van der Waals surface area (Å²) in [4.78, 5) is 39.7. The lowest BCUT2D eigenvalue weighted by molar-refractivity contribution is -0.153. The van der Waals surface area contributed by atoms with Crippen molar-refractivity contribution in [2.24, 2.45) is 5.41 Å². The molecule has 9 heteroatoms. The van der Waals surface area contributed by atoms with Gasteiger partial charge < -0.3 is 0 Å². The lowest BCUT2D eigenvalue weighted by atomic mass is 9.43. The zero-order chi connectivity index (χ0) is 31.5. The number of carbonyl (C=O) groups is 2. The van der Waals surface area contributed by atoms with E-state index in [0.29, 0.717) is 32.0 Å². The Morgan fingerprint density at radius 2 is 1.15 bits per heavy atom. The summed E-state index contributed by atoms with van der Waals surface area (Å²) in [6, 6.07) is 34.8. The molecule has 3 atom stereocenters. The van der Waals surface area contributed by atoms with Crippen molar-refractivity contribution < 1.29 is 14.4 Å². The second-order valence-electron chi connectivity index (χ2n) is 12.1. The molecule has 0 saturated carbocycles. The number of hydroxylamine groups is 1. The number of rotatable bonds is 3. The Hall–Kier alpha value is -3.84. The standard InChI is InChI=1S/C37H22Cl4N2O3/c38-20-14-16-27(29(40)18-20)33-36-31-23-10-4-6-12-25(23)32(26-13-7-5-11-24(26)31)37(36,46-43(33)21-8-2-1-3-9-21)35(45)42(34(36)44)22-15-17-28(39)30(41)19-22/h1-19,31-33H. The van der Waals surface area contributed by atoms with E-state index in [2.05, 4.69) is 12.1 Å². The summed E-state index contributed by atoms with van der Waals surface area (Å²) in [6.07, 6.45) is 0. The summed E-state index contributed by atoms with van der Waals surface area (Å²) >= 11 is 26.3. The number of nitrogens with zero attached hydrogens (tertiary/aromatic N) is 2. The molecule has 5 aliphatic rings. The SMILES string of the molecule is O=C1N(c2ccc(Cl)c(Cl)c2)C(=O)C23C4c5ccccc5C(c5ccccc54)C12ON(c1ccccc1)C3c1ccc(Cl)cc1Cl. The molecule has 0 aromatic heterocycles. The van der Waals surface area contributed by atoms with Crippen molar-refractivity contribution >= 4 is 69.6 Å². The van der Waals surface area contributed by atoms with Crippen molar-refractivity contribution in [1.82, 2.24) is 0 Å². The largest absolute Gasteiger partial charge is 0.273 e. The van der Waals surface area contributed by atoms with E-state index in [0.717, 1.165) is 22.3 Å². The van der Waals surface area contributed by atoms with Crippen LogP contribution in [0.5, 0.6) is 0 Å². The molecule has 226 valence electrons. The molecule has 5 aromatic rings. The topological polar surface area (TPSA) is 49.9 Å². The average molecular weight is 684 g/mol. The number of imide groups is 1. The summed E-state index contributed by atoms with van der Waals surface area (Å²) in [5.74, 6) is -2.05. The molecule has 3 aliphatic carbocycles. The minimum Gasteiger partial charge on any atom is -0.273 e. The third-order valence-electron chi connectivity index (χ3n) is 10.1. The molecule has 2 amide bonds. The molecule has 10 rings (SSSR count). The maximum atomic E-state index is 15.7. The molecule has 5 aromatic carbocycles. The predicted molar refractivity (Wildman–Crippen MR) is 180 cm³/mol. The van der Waals surface area contributed by atoms with Gasteiger partial charge in [0.15, 0.2) is 0 Å². The van der Waals surface area contributed by atoms with Crippen LogP contribution in [0.25, 0.3) is 0 Å². The fourth-order valence-electron chi connectivity index (χ4n) is 8.58. The van der Waals surface area contributed by atoms with E-state index in [4.69, 9.17) is 51.2 Å². The molecule has 5 nitrogen and oxygen atoms in total. The highest BCUT2D eigenvalue weighted by Crippen LogP contribution is 2.78. The molecule has 2 saturated heterocycles. The van der Waals surface area contributed by atoms with Crippen molar-refractivity contribution in [3.63, 3.8) is 0 Å². The third kappa shape index (κ3) is 3.32. The van der Waals surface area contributed by atoms with Crippen LogP contribution in [0.4, 0.5) is 11.4 Å². The van der Waals surface area contributed by atoms with E-state index in [-0.39, 0.29) is 5.02 Å². The van der Waals surface area contributed by atoms with Crippen LogP contribution >= 0.6 is 46.4 Å². The van der Waals surface area contributed by atoms with Crippen LogP contribution in [0.1, 0.15) is 45.7 Å². The first-order valence-corrected chi connectivity index (χ1v) is 16.3. The smallest absolute Gasteiger partial charge is 0.271 e. The Balaban J connectivity index is 1.44. The van der Waals surface area contributed by atoms with E-state index < -0.39 is 40.7 Å². The number of carbonyl (C=O) groups excluding carboxylic acids is 2. The Labute approximate surface area is 284 Å². The first kappa shape index (κ1) is 28.4. The lowest BCUT2D eigenvalue weighted by Crippen LogP contribution is -2.63. The van der Waals surface area contributed by atoms with E-state index in [1.807, 2.05) is 72.8 Å². The highest BCUT2D eigenvalue weighted by atomic mass is 35.5. The zero-order valence-corrected chi connectivity index (χ0v) is 26.9. The zero-order valence-electron chi connectivity index (χ0n) is 23.8. The van der Waals surface area contributed by atoms with Gasteiger partial charge in [-0.15, -0.1) is 0 Å². The maximum Gasteiger partial charge on any atom is 0.271 e. The molecule has 2 fully saturated rings. The van der Waals surface area contributed by atoms with Gasteiger partial charge in [0.05, 0.1) is 27.3 Å². The minimum absolute atomic E-state index is 0.230. The third-order valence-corrected chi connectivity index (χ3v) is 11.4. The van der Waals surface area contributed by atoms with Crippen LogP contribution < -0.4 is 9.96 Å². The Kier molecular flexibility index (Phi) is 6.07. The van der Waals surface area contributed by atoms with Crippen LogP contribution in [-0.4, -0.2) is 17.4 Å². The van der Waals surface area contributed by atoms with Crippen molar-refractivity contribution in [3.05, 3.63) is 163 Å². The van der Waals surface area contributed by atoms with Gasteiger partial charge in [0.1, 0.15) is 11.5 Å². The predicted octanol–water partition coefficient (Wildman–Crippen LogP) is 9.38. The second kappa shape index (κ2) is 9.83. The fourth-order valence-corrected chi connectivity index (χ4v) is 9.39. The second-order valence-corrected chi connectivity index (χ2v) is 13.8. The number of halogens is 4. The van der Waals surface area contributed by atoms with Crippen molar-refractivity contribution in [1.29, 1.82) is 0 Å². The van der Waals surface area contributed by atoms with Gasteiger partial charge in [-0.2, -0.15) is 0 Å². The van der Waals surface area contributed by atoms with Gasteiger partial charge in [-0.1, -0.05) is 119 Å². The summed E-state index contributed by atoms with van der Waals surface area (Å²) in [7, 11) is 0. The molecular formula is C37H22Cl4N2O3. The van der Waals surface area contributed by atoms with Crippen LogP contribution in [0.3, 0.4) is 0 Å². The molecular weight excluding hydrogens is 662 g/mol. The Bertz CT molecular complexity index is 2090. The maximum absolute atomic E-state index is 15.7. The monoisotopic (exact) mass is 682 g/mol. The van der Waals surface area contributed by atoms with Gasteiger partial charge in [0.25, 0.3) is 5.91 Å². The summed E-state index contributed by atoms with van der Waals surface area (Å²) in [6.45, 7) is 0. The molecule has 2 aliphatic heterocycles. The van der Waals surface area contributed by atoms with Gasteiger partial charge >= 0.3 is 0 Å². The normalized spacial score (nSPS) is 27.0. The Morgan fingerprint density at radius 1 is 0.543 bits per heavy atom. The van der Waals surface area contributed by atoms with Crippen LogP contribution in [0.2, 0.25) is 20.1 Å². The summed E-state index contributed by atoms with van der Waals surface area (Å²) < 4.78 is 0. The van der Waals surface area contributed by atoms with Crippen molar-refractivity contribution in [2.75, 3.05) is 9.96 Å². The van der Waals surface area contributed by atoms with Crippen LogP contribution in [-0.2, 0) is 14.4 Å². The number of hydrogen-bond donors (Lipinski definition) is 0. The summed E-state index contributed by atoms with van der Waals surface area (Å²) in [5, 5.41) is 3.09. The number of anilines is 2. The molecule has 2 heterocycles. The first-order chi connectivity index (χ1) is 22.3. The van der Waals surface area contributed by atoms with Gasteiger partial charge in [-0.25, -0.2) is 9.96 Å².